The van der Waals surface area contributed by atoms with Crippen molar-refractivity contribution < 1.29 is 21.8 Å². The number of hydrogen-bond acceptors (Lipinski definition) is 5. The molecule has 1 aromatic rings. The third kappa shape index (κ3) is 4.99. The molecule has 1 atom stereocenters. The lowest BCUT2D eigenvalue weighted by atomic mass is 10.1. The van der Waals surface area contributed by atoms with Gasteiger partial charge in [0.15, 0.2) is 11.9 Å². The summed E-state index contributed by atoms with van der Waals surface area (Å²) in [6, 6.07) is 3.31. The first-order valence-corrected chi connectivity index (χ1v) is 6.81. The van der Waals surface area contributed by atoms with E-state index in [-0.39, 0.29) is 6.42 Å². The van der Waals surface area contributed by atoms with E-state index in [1.165, 1.54) is 18.4 Å². The predicted octanol–water partition coefficient (Wildman–Crippen LogP) is 1.23. The SMILES string of the molecule is C#CCC(OS(C)(=O)=O)C(=O)/C=C/c1ccco1. The van der Waals surface area contributed by atoms with Crippen molar-refractivity contribution in [1.82, 2.24) is 0 Å². The standard InChI is InChI=1S/C12H12O5S/c1-3-5-12(17-18(2,14)15)11(13)8-7-10-6-4-9-16-10/h1,4,6-9,12H,5H2,2H3/b8-7+. The van der Waals surface area contributed by atoms with Gasteiger partial charge in [0.25, 0.3) is 10.1 Å². The molecule has 0 aromatic carbocycles. The Morgan fingerprint density at radius 3 is 2.89 bits per heavy atom. The molecule has 0 aliphatic carbocycles. The van der Waals surface area contributed by atoms with Gasteiger partial charge in [0.1, 0.15) is 5.76 Å². The van der Waals surface area contributed by atoms with Gasteiger partial charge in [-0.1, -0.05) is 0 Å². The lowest BCUT2D eigenvalue weighted by Crippen LogP contribution is -2.25. The highest BCUT2D eigenvalue weighted by molar-refractivity contribution is 7.86. The molecule has 0 aliphatic rings. The molecule has 96 valence electrons. The minimum atomic E-state index is -3.74. The van der Waals surface area contributed by atoms with E-state index in [4.69, 9.17) is 10.8 Å². The van der Waals surface area contributed by atoms with Crippen molar-refractivity contribution in [3.63, 3.8) is 0 Å². The monoisotopic (exact) mass is 268 g/mol. The zero-order valence-electron chi connectivity index (χ0n) is 9.70. The highest BCUT2D eigenvalue weighted by Gasteiger charge is 2.20. The van der Waals surface area contributed by atoms with Crippen LogP contribution in [0.3, 0.4) is 0 Å². The van der Waals surface area contributed by atoms with Crippen LogP contribution >= 0.6 is 0 Å². The maximum atomic E-state index is 11.7. The largest absolute Gasteiger partial charge is 0.465 e. The fourth-order valence-corrected chi connectivity index (χ4v) is 1.74. The molecule has 1 unspecified atom stereocenters. The number of furan rings is 1. The van der Waals surface area contributed by atoms with Gasteiger partial charge in [-0.05, 0) is 24.3 Å². The molecule has 0 saturated heterocycles. The second-order valence-electron chi connectivity index (χ2n) is 3.45. The van der Waals surface area contributed by atoms with E-state index in [0.717, 1.165) is 6.26 Å². The predicted molar refractivity (Wildman–Crippen MR) is 65.9 cm³/mol. The minimum Gasteiger partial charge on any atom is -0.465 e. The summed E-state index contributed by atoms with van der Waals surface area (Å²) in [4.78, 5) is 11.7. The maximum absolute atomic E-state index is 11.7. The Balaban J connectivity index is 2.75. The smallest absolute Gasteiger partial charge is 0.265 e. The van der Waals surface area contributed by atoms with E-state index in [0.29, 0.717) is 5.76 Å². The molecule has 1 aromatic heterocycles. The molecule has 0 radical (unpaired) electrons. The summed E-state index contributed by atoms with van der Waals surface area (Å²) >= 11 is 0. The molecular weight excluding hydrogens is 256 g/mol. The number of hydrogen-bond donors (Lipinski definition) is 0. The number of terminal acetylenes is 1. The van der Waals surface area contributed by atoms with E-state index in [2.05, 4.69) is 10.1 Å². The Kier molecular flexibility index (Phi) is 4.89. The Bertz CT molecular complexity index is 560. The van der Waals surface area contributed by atoms with Crippen LogP contribution in [0.1, 0.15) is 12.2 Å². The summed E-state index contributed by atoms with van der Waals surface area (Å²) in [5.74, 6) is 2.14. The van der Waals surface area contributed by atoms with Gasteiger partial charge in [-0.2, -0.15) is 8.42 Å². The van der Waals surface area contributed by atoms with Crippen molar-refractivity contribution in [2.24, 2.45) is 0 Å². The average Bonchev–Trinajstić information content (AvgIpc) is 2.76. The van der Waals surface area contributed by atoms with Crippen LogP contribution in [-0.4, -0.2) is 26.6 Å². The topological polar surface area (TPSA) is 73.6 Å². The molecule has 0 amide bonds. The average molecular weight is 268 g/mol. The molecule has 1 rings (SSSR count). The van der Waals surface area contributed by atoms with Crippen LogP contribution in [0.25, 0.3) is 6.08 Å². The van der Waals surface area contributed by atoms with Gasteiger partial charge in [0, 0.05) is 6.42 Å². The van der Waals surface area contributed by atoms with E-state index in [1.54, 1.807) is 12.1 Å². The highest BCUT2D eigenvalue weighted by Crippen LogP contribution is 2.08. The summed E-state index contributed by atoms with van der Waals surface area (Å²) in [7, 11) is -3.74. The van der Waals surface area contributed by atoms with Crippen molar-refractivity contribution in [2.75, 3.05) is 6.26 Å². The van der Waals surface area contributed by atoms with Gasteiger partial charge in [-0.15, -0.1) is 12.3 Å². The van der Waals surface area contributed by atoms with Gasteiger partial charge in [0.2, 0.25) is 0 Å². The molecule has 0 fully saturated rings. The van der Waals surface area contributed by atoms with Crippen molar-refractivity contribution >= 4 is 22.0 Å². The molecular formula is C12H12O5S. The number of carbonyl (C=O) groups excluding carboxylic acids is 1. The van der Waals surface area contributed by atoms with Gasteiger partial charge >= 0.3 is 0 Å². The minimum absolute atomic E-state index is 0.117. The van der Waals surface area contributed by atoms with Crippen LogP contribution in [0.2, 0.25) is 0 Å². The summed E-state index contributed by atoms with van der Waals surface area (Å²) < 4.78 is 31.5. The summed E-state index contributed by atoms with van der Waals surface area (Å²) in [6.45, 7) is 0. The molecule has 0 N–H and O–H groups in total. The van der Waals surface area contributed by atoms with Gasteiger partial charge < -0.3 is 4.42 Å². The van der Waals surface area contributed by atoms with E-state index >= 15 is 0 Å². The van der Waals surface area contributed by atoms with Crippen LogP contribution in [0, 0.1) is 12.3 Å². The van der Waals surface area contributed by atoms with Crippen LogP contribution in [0.5, 0.6) is 0 Å². The molecule has 0 bridgehead atoms. The van der Waals surface area contributed by atoms with Gasteiger partial charge in [-0.25, -0.2) is 0 Å². The number of ketones is 1. The third-order valence-corrected chi connectivity index (χ3v) is 2.45. The summed E-state index contributed by atoms with van der Waals surface area (Å²) in [5, 5.41) is 0. The molecule has 18 heavy (non-hydrogen) atoms. The zero-order valence-corrected chi connectivity index (χ0v) is 10.5. The zero-order chi connectivity index (χ0) is 13.6. The number of carbonyl (C=O) groups is 1. The highest BCUT2D eigenvalue weighted by atomic mass is 32.2. The molecule has 0 aliphatic heterocycles. The van der Waals surface area contributed by atoms with E-state index < -0.39 is 22.0 Å². The van der Waals surface area contributed by atoms with Crippen molar-refractivity contribution in [3.05, 3.63) is 30.2 Å². The fourth-order valence-electron chi connectivity index (χ4n) is 1.16. The van der Waals surface area contributed by atoms with Crippen molar-refractivity contribution in [3.8, 4) is 12.3 Å². The third-order valence-electron chi connectivity index (χ3n) is 1.87. The molecule has 5 nitrogen and oxygen atoms in total. The van der Waals surface area contributed by atoms with E-state index in [9.17, 15) is 13.2 Å². The first kappa shape index (κ1) is 14.2. The summed E-state index contributed by atoms with van der Waals surface area (Å²) in [5.41, 5.74) is 0. The summed E-state index contributed by atoms with van der Waals surface area (Å²) in [6.07, 6.45) is 8.64. The van der Waals surface area contributed by atoms with Crippen molar-refractivity contribution in [1.29, 1.82) is 0 Å². The van der Waals surface area contributed by atoms with Crippen LogP contribution in [0.15, 0.2) is 28.9 Å². The molecule has 0 saturated carbocycles. The first-order chi connectivity index (χ1) is 8.42. The lowest BCUT2D eigenvalue weighted by Gasteiger charge is -2.09. The Hall–Kier alpha value is -1.84. The number of rotatable bonds is 6. The quantitative estimate of drug-likeness (QED) is 0.441. The molecule has 0 spiro atoms. The lowest BCUT2D eigenvalue weighted by molar-refractivity contribution is -0.120. The molecule has 6 heteroatoms. The second kappa shape index (κ2) is 6.19. The van der Waals surface area contributed by atoms with Gasteiger partial charge in [-0.3, -0.25) is 8.98 Å². The van der Waals surface area contributed by atoms with Crippen LogP contribution < -0.4 is 0 Å². The normalized spacial score (nSPS) is 13.3. The van der Waals surface area contributed by atoms with Crippen LogP contribution in [-0.2, 0) is 19.1 Å². The molecule has 1 heterocycles. The second-order valence-corrected chi connectivity index (χ2v) is 5.05. The first-order valence-electron chi connectivity index (χ1n) is 4.99. The fraction of sp³-hybridized carbons (Fsp3) is 0.250. The van der Waals surface area contributed by atoms with Crippen molar-refractivity contribution in [2.45, 2.75) is 12.5 Å². The maximum Gasteiger partial charge on any atom is 0.265 e. The van der Waals surface area contributed by atoms with Gasteiger partial charge in [0.05, 0.1) is 12.5 Å². The van der Waals surface area contributed by atoms with Crippen LogP contribution in [0.4, 0.5) is 0 Å². The van der Waals surface area contributed by atoms with E-state index in [1.807, 2.05) is 0 Å². The Morgan fingerprint density at radius 2 is 2.39 bits per heavy atom. The Morgan fingerprint density at radius 1 is 1.67 bits per heavy atom. The Labute approximate surface area is 106 Å².